The third-order valence-corrected chi connectivity index (χ3v) is 5.13. The summed E-state index contributed by atoms with van der Waals surface area (Å²) in [7, 11) is 0. The van der Waals surface area contributed by atoms with E-state index < -0.39 is 0 Å². The number of allylic oxidation sites excluding steroid dienone is 4. The van der Waals surface area contributed by atoms with Gasteiger partial charge in [0.1, 0.15) is 0 Å². The Hall–Kier alpha value is -1.53. The van der Waals surface area contributed by atoms with Crippen LogP contribution in [-0.2, 0) is 0 Å². The number of dihydropyridines is 1. The zero-order valence-corrected chi connectivity index (χ0v) is 14.7. The van der Waals surface area contributed by atoms with Gasteiger partial charge in [-0.2, -0.15) is 0 Å². The highest BCUT2D eigenvalue weighted by Crippen LogP contribution is 2.40. The third-order valence-electron chi connectivity index (χ3n) is 3.34. The molecular weight excluding hydrogens is 314 g/mol. The van der Waals surface area contributed by atoms with Crippen LogP contribution in [0.25, 0.3) is 5.57 Å². The van der Waals surface area contributed by atoms with E-state index in [-0.39, 0.29) is 5.92 Å². The predicted octanol–water partition coefficient (Wildman–Crippen LogP) is 4.65. The fourth-order valence-electron chi connectivity index (χ4n) is 2.53. The second kappa shape index (κ2) is 6.30. The van der Waals surface area contributed by atoms with Gasteiger partial charge in [0.2, 0.25) is 5.89 Å². The first-order valence-electron chi connectivity index (χ1n) is 7.24. The van der Waals surface area contributed by atoms with Gasteiger partial charge in [-0.15, -0.1) is 21.5 Å². The van der Waals surface area contributed by atoms with Gasteiger partial charge in [0, 0.05) is 33.0 Å². The molecule has 0 fully saturated rings. The molecule has 22 heavy (non-hydrogen) atoms. The van der Waals surface area contributed by atoms with Crippen LogP contribution in [0.2, 0.25) is 0 Å². The smallest absolute Gasteiger partial charge is 0.277 e. The molecule has 0 amide bonds. The van der Waals surface area contributed by atoms with Crippen LogP contribution in [0.4, 0.5) is 0 Å². The van der Waals surface area contributed by atoms with Gasteiger partial charge in [-0.05, 0) is 25.3 Å². The van der Waals surface area contributed by atoms with Crippen molar-refractivity contribution in [2.75, 3.05) is 0 Å². The second-order valence-electron chi connectivity index (χ2n) is 5.55. The number of rotatable bonds is 4. The van der Waals surface area contributed by atoms with Gasteiger partial charge >= 0.3 is 0 Å². The second-order valence-corrected chi connectivity index (χ2v) is 8.05. The molecule has 1 unspecified atom stereocenters. The molecule has 0 aromatic carbocycles. The Balaban J connectivity index is 1.99. The summed E-state index contributed by atoms with van der Waals surface area (Å²) in [6.45, 7) is 8.37. The molecule has 0 saturated carbocycles. The summed E-state index contributed by atoms with van der Waals surface area (Å²) in [4.78, 5) is 1.28. The number of aromatic nitrogens is 2. The standard InChI is InChI=1S/C16H19N3OS2/c1-9(2)22-16-19-18-15(20-16)14-11(4)17-10(3)8-12(14)13-6-5-7-21-13/h5-9,12,17H,1-4H3. The lowest BCUT2D eigenvalue weighted by molar-refractivity contribution is 0.439. The SMILES string of the molecule is CC1=CC(c2cccs2)C(c2nnc(SC(C)C)o2)=C(C)N1. The summed E-state index contributed by atoms with van der Waals surface area (Å²) in [6, 6.07) is 4.23. The molecule has 1 atom stereocenters. The fourth-order valence-corrected chi connectivity index (χ4v) is 3.95. The van der Waals surface area contributed by atoms with Crippen molar-refractivity contribution in [3.8, 4) is 0 Å². The zero-order chi connectivity index (χ0) is 15.7. The van der Waals surface area contributed by atoms with Gasteiger partial charge in [-0.1, -0.05) is 37.8 Å². The lowest BCUT2D eigenvalue weighted by Crippen LogP contribution is -2.19. The average Bonchev–Trinajstić information content (AvgIpc) is 3.08. The molecule has 3 heterocycles. The lowest BCUT2D eigenvalue weighted by Gasteiger charge is -2.23. The zero-order valence-electron chi connectivity index (χ0n) is 13.1. The summed E-state index contributed by atoms with van der Waals surface area (Å²) in [6.07, 6.45) is 2.22. The summed E-state index contributed by atoms with van der Waals surface area (Å²) in [5.74, 6) is 0.772. The number of thioether (sulfide) groups is 1. The number of thiophene rings is 1. The molecule has 2 aromatic heterocycles. The molecule has 4 nitrogen and oxygen atoms in total. The van der Waals surface area contributed by atoms with Crippen LogP contribution in [0, 0.1) is 0 Å². The molecule has 1 aliphatic rings. The molecule has 6 heteroatoms. The van der Waals surface area contributed by atoms with Crippen LogP contribution >= 0.6 is 23.1 Å². The van der Waals surface area contributed by atoms with E-state index in [4.69, 9.17) is 4.42 Å². The van der Waals surface area contributed by atoms with Crippen molar-refractivity contribution in [2.24, 2.45) is 0 Å². The van der Waals surface area contributed by atoms with Gasteiger partial charge in [0.25, 0.3) is 5.22 Å². The van der Waals surface area contributed by atoms with Crippen molar-refractivity contribution in [3.63, 3.8) is 0 Å². The molecule has 0 radical (unpaired) electrons. The molecule has 0 bridgehead atoms. The van der Waals surface area contributed by atoms with Crippen LogP contribution in [0.15, 0.2) is 44.6 Å². The van der Waals surface area contributed by atoms with Gasteiger partial charge in [-0.3, -0.25) is 0 Å². The monoisotopic (exact) mass is 333 g/mol. The topological polar surface area (TPSA) is 51.0 Å². The van der Waals surface area contributed by atoms with Crippen LogP contribution in [0.3, 0.4) is 0 Å². The highest BCUT2D eigenvalue weighted by atomic mass is 32.2. The molecule has 0 saturated heterocycles. The largest absolute Gasteiger partial charge is 0.411 e. The number of hydrogen-bond donors (Lipinski definition) is 1. The number of nitrogens with zero attached hydrogens (tertiary/aromatic N) is 2. The first kappa shape index (κ1) is 15.4. The van der Waals surface area contributed by atoms with E-state index in [2.05, 4.69) is 66.8 Å². The van der Waals surface area contributed by atoms with E-state index in [0.717, 1.165) is 17.0 Å². The normalized spacial score (nSPS) is 18.6. The van der Waals surface area contributed by atoms with Crippen molar-refractivity contribution in [1.82, 2.24) is 15.5 Å². The van der Waals surface area contributed by atoms with Gasteiger partial charge in [0.15, 0.2) is 0 Å². The fraction of sp³-hybridized carbons (Fsp3) is 0.375. The Morgan fingerprint density at radius 2 is 2.14 bits per heavy atom. The molecule has 1 aliphatic heterocycles. The minimum atomic E-state index is 0.165. The molecule has 3 rings (SSSR count). The van der Waals surface area contributed by atoms with Gasteiger partial charge in [0.05, 0.1) is 0 Å². The van der Waals surface area contributed by atoms with Crippen molar-refractivity contribution >= 4 is 28.7 Å². The van der Waals surface area contributed by atoms with Crippen molar-refractivity contribution < 1.29 is 4.42 Å². The maximum Gasteiger partial charge on any atom is 0.277 e. The number of hydrogen-bond acceptors (Lipinski definition) is 6. The number of nitrogens with one attached hydrogen (secondary N) is 1. The van der Waals surface area contributed by atoms with Gasteiger partial charge < -0.3 is 9.73 Å². The maximum atomic E-state index is 5.89. The Kier molecular flexibility index (Phi) is 4.40. The molecule has 116 valence electrons. The summed E-state index contributed by atoms with van der Waals surface area (Å²) < 4.78 is 5.89. The predicted molar refractivity (Wildman–Crippen MR) is 91.8 cm³/mol. The molecule has 1 N–H and O–H groups in total. The van der Waals surface area contributed by atoms with Crippen LogP contribution in [0.1, 0.15) is 44.4 Å². The molecular formula is C16H19N3OS2. The van der Waals surface area contributed by atoms with E-state index in [0.29, 0.717) is 16.4 Å². The lowest BCUT2D eigenvalue weighted by atomic mass is 9.91. The maximum absolute atomic E-state index is 5.89. The summed E-state index contributed by atoms with van der Waals surface area (Å²) in [5.41, 5.74) is 3.29. The first-order valence-corrected chi connectivity index (χ1v) is 9.00. The Morgan fingerprint density at radius 3 is 2.82 bits per heavy atom. The highest BCUT2D eigenvalue weighted by Gasteiger charge is 2.27. The Labute approximate surface area is 138 Å². The van der Waals surface area contributed by atoms with E-state index in [1.807, 2.05) is 0 Å². The Bertz CT molecular complexity index is 714. The van der Waals surface area contributed by atoms with Crippen LogP contribution < -0.4 is 5.32 Å². The van der Waals surface area contributed by atoms with Crippen molar-refractivity contribution in [2.45, 2.75) is 44.1 Å². The molecule has 0 spiro atoms. The van der Waals surface area contributed by atoms with Crippen molar-refractivity contribution in [1.29, 1.82) is 0 Å². The highest BCUT2D eigenvalue weighted by molar-refractivity contribution is 7.99. The van der Waals surface area contributed by atoms with Crippen LogP contribution in [-0.4, -0.2) is 15.4 Å². The Morgan fingerprint density at radius 1 is 1.32 bits per heavy atom. The van der Waals surface area contributed by atoms with Crippen molar-refractivity contribution in [3.05, 3.63) is 45.8 Å². The first-order chi connectivity index (χ1) is 10.5. The molecule has 0 aliphatic carbocycles. The van der Waals surface area contributed by atoms with E-state index >= 15 is 0 Å². The minimum absolute atomic E-state index is 0.165. The minimum Gasteiger partial charge on any atom is -0.411 e. The van der Waals surface area contributed by atoms with E-state index in [1.54, 1.807) is 23.1 Å². The van der Waals surface area contributed by atoms with Crippen LogP contribution in [0.5, 0.6) is 0 Å². The van der Waals surface area contributed by atoms with E-state index in [9.17, 15) is 0 Å². The summed E-state index contributed by atoms with van der Waals surface area (Å²) >= 11 is 3.34. The molecule has 2 aromatic rings. The average molecular weight is 333 g/mol. The van der Waals surface area contributed by atoms with E-state index in [1.165, 1.54) is 4.88 Å². The quantitative estimate of drug-likeness (QED) is 0.825. The summed E-state index contributed by atoms with van der Waals surface area (Å²) in [5, 5.41) is 15.0. The van der Waals surface area contributed by atoms with Gasteiger partial charge in [-0.25, -0.2) is 0 Å². The third kappa shape index (κ3) is 3.13.